The molecule has 0 spiro atoms. The van der Waals surface area contributed by atoms with Crippen LogP contribution in [0.15, 0.2) is 0 Å². The van der Waals surface area contributed by atoms with E-state index in [1.165, 1.54) is 32.1 Å². The van der Waals surface area contributed by atoms with Crippen molar-refractivity contribution >= 4 is 6.09 Å². The summed E-state index contributed by atoms with van der Waals surface area (Å²) >= 11 is 0. The molecule has 0 aromatic heterocycles. The molecule has 0 atom stereocenters. The van der Waals surface area contributed by atoms with Crippen molar-refractivity contribution in [3.8, 4) is 0 Å². The van der Waals surface area contributed by atoms with E-state index in [9.17, 15) is 4.79 Å². The van der Waals surface area contributed by atoms with Gasteiger partial charge in [-0.25, -0.2) is 4.79 Å². The van der Waals surface area contributed by atoms with Crippen LogP contribution in [0.3, 0.4) is 0 Å². The van der Waals surface area contributed by atoms with Crippen molar-refractivity contribution in [1.82, 2.24) is 10.6 Å². The van der Waals surface area contributed by atoms with Crippen LogP contribution in [0.25, 0.3) is 0 Å². The lowest BCUT2D eigenvalue weighted by atomic mass is 9.89. The average molecular weight is 284 g/mol. The maximum Gasteiger partial charge on any atom is 0.408 e. The molecule has 0 unspecified atom stereocenters. The lowest BCUT2D eigenvalue weighted by Crippen LogP contribution is -2.52. The highest BCUT2D eigenvalue weighted by atomic mass is 16.6. The minimum absolute atomic E-state index is 0.295. The number of amides is 1. The summed E-state index contributed by atoms with van der Waals surface area (Å²) < 4.78 is 5.29. The third-order valence-electron chi connectivity index (χ3n) is 3.56. The third kappa shape index (κ3) is 7.73. The molecule has 4 nitrogen and oxygen atoms in total. The zero-order chi connectivity index (χ0) is 15.2. The SMILES string of the molecule is CC(C)(CNCC1CCCCC1)NC(=O)OC(C)(C)C. The van der Waals surface area contributed by atoms with Gasteiger partial charge >= 0.3 is 6.09 Å². The van der Waals surface area contributed by atoms with Crippen molar-refractivity contribution in [3.05, 3.63) is 0 Å². The van der Waals surface area contributed by atoms with Crippen LogP contribution in [0.4, 0.5) is 4.79 Å². The number of hydrogen-bond acceptors (Lipinski definition) is 3. The number of nitrogens with one attached hydrogen (secondary N) is 2. The highest BCUT2D eigenvalue weighted by Gasteiger charge is 2.24. The molecule has 1 amide bonds. The second-order valence-corrected chi connectivity index (χ2v) is 7.65. The van der Waals surface area contributed by atoms with Crippen LogP contribution in [0.5, 0.6) is 0 Å². The van der Waals surface area contributed by atoms with E-state index < -0.39 is 5.60 Å². The Balaban J connectivity index is 2.24. The quantitative estimate of drug-likeness (QED) is 0.813. The average Bonchev–Trinajstić information content (AvgIpc) is 2.26. The predicted molar refractivity (Wildman–Crippen MR) is 82.9 cm³/mol. The molecule has 0 saturated heterocycles. The topological polar surface area (TPSA) is 50.4 Å². The molecule has 0 radical (unpaired) electrons. The first-order valence-corrected chi connectivity index (χ1v) is 7.90. The zero-order valence-electron chi connectivity index (χ0n) is 13.8. The third-order valence-corrected chi connectivity index (χ3v) is 3.56. The standard InChI is InChI=1S/C16H32N2O2/c1-15(2,3)20-14(19)18-16(4,5)12-17-11-13-9-7-6-8-10-13/h13,17H,6-12H2,1-5H3,(H,18,19). The molecule has 1 saturated carbocycles. The molecule has 1 fully saturated rings. The second kappa shape index (κ2) is 7.30. The minimum atomic E-state index is -0.449. The Morgan fingerprint density at radius 3 is 2.25 bits per heavy atom. The molecule has 1 aliphatic carbocycles. The highest BCUT2D eigenvalue weighted by molar-refractivity contribution is 5.68. The number of ether oxygens (including phenoxy) is 1. The Morgan fingerprint density at radius 1 is 1.10 bits per heavy atom. The molecular formula is C16H32N2O2. The normalized spacial score (nSPS) is 17.9. The molecule has 1 rings (SSSR count). The molecule has 118 valence electrons. The molecule has 0 aliphatic heterocycles. The fraction of sp³-hybridized carbons (Fsp3) is 0.938. The maximum atomic E-state index is 11.8. The Morgan fingerprint density at radius 2 is 1.70 bits per heavy atom. The van der Waals surface area contributed by atoms with E-state index in [4.69, 9.17) is 4.74 Å². The van der Waals surface area contributed by atoms with Gasteiger partial charge in [-0.1, -0.05) is 19.3 Å². The highest BCUT2D eigenvalue weighted by Crippen LogP contribution is 2.22. The minimum Gasteiger partial charge on any atom is -0.444 e. The maximum absolute atomic E-state index is 11.8. The summed E-state index contributed by atoms with van der Waals surface area (Å²) in [6.45, 7) is 11.5. The van der Waals surface area contributed by atoms with E-state index in [0.29, 0.717) is 0 Å². The van der Waals surface area contributed by atoms with Crippen LogP contribution >= 0.6 is 0 Å². The smallest absolute Gasteiger partial charge is 0.408 e. The van der Waals surface area contributed by atoms with Crippen LogP contribution < -0.4 is 10.6 Å². The molecule has 0 bridgehead atoms. The van der Waals surface area contributed by atoms with Gasteiger partial charge in [-0.05, 0) is 59.9 Å². The van der Waals surface area contributed by atoms with Gasteiger partial charge in [0.25, 0.3) is 0 Å². The Labute approximate surface area is 124 Å². The first-order chi connectivity index (χ1) is 9.18. The second-order valence-electron chi connectivity index (χ2n) is 7.65. The van der Waals surface area contributed by atoms with Crippen molar-refractivity contribution in [2.24, 2.45) is 5.92 Å². The first-order valence-electron chi connectivity index (χ1n) is 7.90. The first kappa shape index (κ1) is 17.3. The Kier molecular flexibility index (Phi) is 6.31. The van der Waals surface area contributed by atoms with Gasteiger partial charge in [0.1, 0.15) is 5.60 Å². The van der Waals surface area contributed by atoms with Crippen LogP contribution in [-0.2, 0) is 4.74 Å². The Hall–Kier alpha value is -0.770. The number of carbonyl (C=O) groups is 1. The summed E-state index contributed by atoms with van der Waals surface area (Å²) in [6.07, 6.45) is 6.46. The molecule has 0 aromatic rings. The lowest BCUT2D eigenvalue weighted by Gasteiger charge is -2.30. The van der Waals surface area contributed by atoms with Gasteiger partial charge < -0.3 is 15.4 Å². The van der Waals surface area contributed by atoms with Gasteiger partial charge in [0, 0.05) is 6.54 Å². The number of alkyl carbamates (subject to hydrolysis) is 1. The fourth-order valence-corrected chi connectivity index (χ4v) is 2.60. The van der Waals surface area contributed by atoms with Crippen LogP contribution in [0.1, 0.15) is 66.7 Å². The van der Waals surface area contributed by atoms with Crippen molar-refractivity contribution in [2.75, 3.05) is 13.1 Å². The van der Waals surface area contributed by atoms with E-state index in [1.807, 2.05) is 34.6 Å². The summed E-state index contributed by atoms with van der Waals surface area (Å²) in [4.78, 5) is 11.8. The van der Waals surface area contributed by atoms with E-state index in [-0.39, 0.29) is 11.6 Å². The van der Waals surface area contributed by atoms with E-state index in [1.54, 1.807) is 0 Å². The van der Waals surface area contributed by atoms with Gasteiger partial charge in [0.15, 0.2) is 0 Å². The molecular weight excluding hydrogens is 252 g/mol. The number of rotatable bonds is 5. The van der Waals surface area contributed by atoms with Crippen LogP contribution in [0, 0.1) is 5.92 Å². The van der Waals surface area contributed by atoms with E-state index >= 15 is 0 Å². The van der Waals surface area contributed by atoms with E-state index in [2.05, 4.69) is 10.6 Å². The number of hydrogen-bond donors (Lipinski definition) is 2. The van der Waals surface area contributed by atoms with Gasteiger partial charge in [0.05, 0.1) is 5.54 Å². The summed E-state index contributed by atoms with van der Waals surface area (Å²) in [5.74, 6) is 0.807. The van der Waals surface area contributed by atoms with Crippen molar-refractivity contribution in [2.45, 2.75) is 77.9 Å². The summed E-state index contributed by atoms with van der Waals surface area (Å²) in [5.41, 5.74) is -0.743. The van der Waals surface area contributed by atoms with E-state index in [0.717, 1.165) is 19.0 Å². The van der Waals surface area contributed by atoms with Crippen molar-refractivity contribution < 1.29 is 9.53 Å². The van der Waals surface area contributed by atoms with Crippen molar-refractivity contribution in [1.29, 1.82) is 0 Å². The zero-order valence-corrected chi connectivity index (χ0v) is 13.8. The van der Waals surface area contributed by atoms with Gasteiger partial charge in [0.2, 0.25) is 0 Å². The van der Waals surface area contributed by atoms with Gasteiger partial charge in [-0.15, -0.1) is 0 Å². The Bertz CT molecular complexity index is 302. The van der Waals surface area contributed by atoms with Crippen LogP contribution in [0.2, 0.25) is 0 Å². The molecule has 20 heavy (non-hydrogen) atoms. The van der Waals surface area contributed by atoms with Crippen LogP contribution in [-0.4, -0.2) is 30.3 Å². The number of carbonyl (C=O) groups excluding carboxylic acids is 1. The molecule has 1 aliphatic rings. The molecule has 0 heterocycles. The molecule has 2 N–H and O–H groups in total. The molecule has 4 heteroatoms. The molecule has 0 aromatic carbocycles. The van der Waals surface area contributed by atoms with Crippen molar-refractivity contribution in [3.63, 3.8) is 0 Å². The largest absolute Gasteiger partial charge is 0.444 e. The van der Waals surface area contributed by atoms with Gasteiger partial charge in [-0.2, -0.15) is 0 Å². The summed E-state index contributed by atoms with van der Waals surface area (Å²) in [7, 11) is 0. The van der Waals surface area contributed by atoms with Gasteiger partial charge in [-0.3, -0.25) is 0 Å². The summed E-state index contributed by atoms with van der Waals surface area (Å²) in [5, 5.41) is 6.42. The lowest BCUT2D eigenvalue weighted by molar-refractivity contribution is 0.0471. The summed E-state index contributed by atoms with van der Waals surface area (Å²) in [6, 6.07) is 0. The monoisotopic (exact) mass is 284 g/mol. The predicted octanol–water partition coefficient (Wildman–Crippen LogP) is 3.46. The fourth-order valence-electron chi connectivity index (χ4n) is 2.60.